The van der Waals surface area contributed by atoms with Crippen LogP contribution in [-0.2, 0) is 16.0 Å². The van der Waals surface area contributed by atoms with Crippen LogP contribution in [0.2, 0.25) is 0 Å². The third kappa shape index (κ3) is 2.00. The molecule has 0 spiro atoms. The summed E-state index contributed by atoms with van der Waals surface area (Å²) in [4.78, 5) is 26.1. The molecule has 4 rings (SSSR count). The molecule has 5 nitrogen and oxygen atoms in total. The Balaban J connectivity index is 1.87. The van der Waals surface area contributed by atoms with Gasteiger partial charge in [0.15, 0.2) is 0 Å². The summed E-state index contributed by atoms with van der Waals surface area (Å²) in [6.07, 6.45) is 5.42. The maximum absolute atomic E-state index is 12.0. The van der Waals surface area contributed by atoms with E-state index in [2.05, 4.69) is 11.0 Å². The predicted molar refractivity (Wildman–Crippen MR) is 91.0 cm³/mol. The second-order valence-electron chi connectivity index (χ2n) is 6.68. The van der Waals surface area contributed by atoms with Gasteiger partial charge in [-0.1, -0.05) is 12.1 Å². The van der Waals surface area contributed by atoms with E-state index >= 15 is 0 Å². The average Bonchev–Trinajstić information content (AvgIpc) is 2.95. The molecule has 1 aliphatic heterocycles. The van der Waals surface area contributed by atoms with E-state index in [1.165, 1.54) is 23.6 Å². The Hall–Kier alpha value is -2.56. The molecule has 2 heterocycles. The lowest BCUT2D eigenvalue weighted by Gasteiger charge is -2.41. The quantitative estimate of drug-likeness (QED) is 0.757. The number of fused-ring (bicyclic) bond motifs is 2. The summed E-state index contributed by atoms with van der Waals surface area (Å²) < 4.78 is 6.65. The maximum atomic E-state index is 12.0. The van der Waals surface area contributed by atoms with E-state index in [1.54, 1.807) is 11.5 Å². The van der Waals surface area contributed by atoms with Crippen molar-refractivity contribution in [1.82, 2.24) is 9.47 Å². The van der Waals surface area contributed by atoms with Gasteiger partial charge in [0.2, 0.25) is 5.91 Å². The van der Waals surface area contributed by atoms with Gasteiger partial charge in [-0.25, -0.2) is 4.79 Å². The Morgan fingerprint density at radius 2 is 2.04 bits per heavy atom. The molecule has 2 aromatic rings. The van der Waals surface area contributed by atoms with Gasteiger partial charge in [0.25, 0.3) is 0 Å². The fraction of sp³-hybridized carbons (Fsp3) is 0.368. The highest BCUT2D eigenvalue weighted by atomic mass is 16.5. The summed E-state index contributed by atoms with van der Waals surface area (Å²) in [6.45, 7) is 1.59. The van der Waals surface area contributed by atoms with Crippen molar-refractivity contribution in [2.75, 3.05) is 14.2 Å². The van der Waals surface area contributed by atoms with Gasteiger partial charge >= 0.3 is 5.97 Å². The number of rotatable bonds is 1. The lowest BCUT2D eigenvalue weighted by molar-refractivity contribution is -0.136. The van der Waals surface area contributed by atoms with Crippen molar-refractivity contribution in [3.05, 3.63) is 47.3 Å². The van der Waals surface area contributed by atoms with Crippen LogP contribution in [0.3, 0.4) is 0 Å². The molecule has 1 aromatic heterocycles. The van der Waals surface area contributed by atoms with Gasteiger partial charge in [0.05, 0.1) is 18.2 Å². The van der Waals surface area contributed by atoms with Crippen LogP contribution in [0.4, 0.5) is 0 Å². The standard InChI is InChI=1S/C19H20N2O3/c1-11(22)21-10-12-8-17-15(14-5-4-6-16(21)18(12)14)7-13(9-20(17)2)19(23)24-3/h4-6,9-10,15,17H,7-8H2,1-3H3/t15-,17-/m1/s1. The smallest absolute Gasteiger partial charge is 0.335 e. The fourth-order valence-electron chi connectivity index (χ4n) is 4.27. The second kappa shape index (κ2) is 5.23. The van der Waals surface area contributed by atoms with E-state index in [1.807, 2.05) is 31.6 Å². The van der Waals surface area contributed by atoms with Crippen molar-refractivity contribution in [2.45, 2.75) is 31.7 Å². The Kier molecular flexibility index (Phi) is 3.27. The van der Waals surface area contributed by atoms with E-state index in [4.69, 9.17) is 4.74 Å². The van der Waals surface area contributed by atoms with Crippen molar-refractivity contribution < 1.29 is 14.3 Å². The monoisotopic (exact) mass is 324 g/mol. The molecule has 0 saturated carbocycles. The molecule has 0 N–H and O–H groups in total. The number of esters is 1. The molecule has 24 heavy (non-hydrogen) atoms. The first-order valence-corrected chi connectivity index (χ1v) is 8.16. The fourth-order valence-corrected chi connectivity index (χ4v) is 4.27. The first-order valence-electron chi connectivity index (χ1n) is 8.16. The zero-order valence-corrected chi connectivity index (χ0v) is 14.1. The van der Waals surface area contributed by atoms with Gasteiger partial charge in [-0.2, -0.15) is 0 Å². The van der Waals surface area contributed by atoms with Crippen LogP contribution >= 0.6 is 0 Å². The topological polar surface area (TPSA) is 51.5 Å². The minimum absolute atomic E-state index is 0.0231. The third-order valence-electron chi connectivity index (χ3n) is 5.34. The predicted octanol–water partition coefficient (Wildman–Crippen LogP) is 2.70. The van der Waals surface area contributed by atoms with Gasteiger partial charge in [0.1, 0.15) is 0 Å². The molecule has 0 unspecified atom stereocenters. The summed E-state index contributed by atoms with van der Waals surface area (Å²) in [7, 11) is 3.43. The zero-order chi connectivity index (χ0) is 17.0. The number of carbonyl (C=O) groups excluding carboxylic acids is 2. The van der Waals surface area contributed by atoms with E-state index in [9.17, 15) is 9.59 Å². The highest BCUT2D eigenvalue weighted by molar-refractivity contribution is 5.97. The van der Waals surface area contributed by atoms with Crippen LogP contribution < -0.4 is 0 Å². The Morgan fingerprint density at radius 3 is 2.75 bits per heavy atom. The molecular weight excluding hydrogens is 304 g/mol. The summed E-state index contributed by atoms with van der Waals surface area (Å²) in [6, 6.07) is 6.41. The maximum Gasteiger partial charge on any atom is 0.335 e. The zero-order valence-electron chi connectivity index (χ0n) is 14.1. The highest BCUT2D eigenvalue weighted by Crippen LogP contribution is 2.44. The summed E-state index contributed by atoms with van der Waals surface area (Å²) in [5, 5.41) is 1.17. The molecule has 0 radical (unpaired) electrons. The molecule has 1 aliphatic carbocycles. The van der Waals surface area contributed by atoms with Gasteiger partial charge in [-0.15, -0.1) is 0 Å². The number of benzene rings is 1. The van der Waals surface area contributed by atoms with Crippen LogP contribution in [-0.4, -0.2) is 41.5 Å². The molecule has 5 heteroatoms. The van der Waals surface area contributed by atoms with Crippen LogP contribution in [0.1, 0.15) is 35.2 Å². The van der Waals surface area contributed by atoms with Gasteiger partial charge in [0, 0.05) is 43.7 Å². The summed E-state index contributed by atoms with van der Waals surface area (Å²) >= 11 is 0. The highest BCUT2D eigenvalue weighted by Gasteiger charge is 2.38. The van der Waals surface area contributed by atoms with Crippen LogP contribution in [0.25, 0.3) is 10.9 Å². The molecule has 0 saturated heterocycles. The summed E-state index contributed by atoms with van der Waals surface area (Å²) in [5.41, 5.74) is 4.09. The number of nitrogens with zero attached hydrogens (tertiary/aromatic N) is 2. The van der Waals surface area contributed by atoms with Crippen molar-refractivity contribution in [3.8, 4) is 0 Å². The second-order valence-corrected chi connectivity index (χ2v) is 6.68. The van der Waals surface area contributed by atoms with Crippen molar-refractivity contribution in [1.29, 1.82) is 0 Å². The SMILES string of the molecule is COC(=O)C1=CN(C)[C@@H]2Cc3cn(C(C)=O)c4cccc(c34)[C@H]2C1. The number of aromatic nitrogens is 1. The molecular formula is C19H20N2O3. The minimum atomic E-state index is -0.264. The first-order chi connectivity index (χ1) is 11.5. The summed E-state index contributed by atoms with van der Waals surface area (Å²) in [5.74, 6) is -0.0114. The van der Waals surface area contributed by atoms with Crippen molar-refractivity contribution >= 4 is 22.8 Å². The average molecular weight is 324 g/mol. The molecule has 0 bridgehead atoms. The van der Waals surface area contributed by atoms with Gasteiger partial charge < -0.3 is 9.64 Å². The number of carbonyl (C=O) groups is 2. The normalized spacial score (nSPS) is 22.1. The van der Waals surface area contributed by atoms with Gasteiger partial charge in [-0.05, 0) is 30.0 Å². The van der Waals surface area contributed by atoms with Gasteiger partial charge in [-0.3, -0.25) is 9.36 Å². The van der Waals surface area contributed by atoms with E-state index in [0.29, 0.717) is 18.0 Å². The van der Waals surface area contributed by atoms with E-state index in [-0.39, 0.29) is 17.8 Å². The van der Waals surface area contributed by atoms with Crippen molar-refractivity contribution in [3.63, 3.8) is 0 Å². The molecule has 124 valence electrons. The number of ether oxygens (including phenoxy) is 1. The molecule has 1 aromatic carbocycles. The number of likely N-dealkylation sites (N-methyl/N-ethyl adjacent to an activating group) is 1. The van der Waals surface area contributed by atoms with E-state index < -0.39 is 0 Å². The molecule has 2 aliphatic rings. The lowest BCUT2D eigenvalue weighted by atomic mass is 9.75. The first kappa shape index (κ1) is 15.0. The number of hydrogen-bond acceptors (Lipinski definition) is 4. The Labute approximate surface area is 140 Å². The van der Waals surface area contributed by atoms with Crippen molar-refractivity contribution in [2.24, 2.45) is 0 Å². The molecule has 0 amide bonds. The largest absolute Gasteiger partial charge is 0.466 e. The lowest BCUT2D eigenvalue weighted by Crippen LogP contribution is -2.41. The molecule has 2 atom stereocenters. The van der Waals surface area contributed by atoms with Crippen LogP contribution in [0.5, 0.6) is 0 Å². The van der Waals surface area contributed by atoms with E-state index in [0.717, 1.165) is 11.9 Å². The van der Waals surface area contributed by atoms with Crippen LogP contribution in [0.15, 0.2) is 36.2 Å². The Morgan fingerprint density at radius 1 is 1.25 bits per heavy atom. The molecule has 0 fully saturated rings. The van der Waals surface area contributed by atoms with Crippen LogP contribution in [0, 0.1) is 0 Å². The number of hydrogen-bond donors (Lipinski definition) is 0. The third-order valence-corrected chi connectivity index (χ3v) is 5.34. The Bertz CT molecular complexity index is 893. The minimum Gasteiger partial charge on any atom is -0.466 e. The number of methoxy groups -OCH3 is 1.